The van der Waals surface area contributed by atoms with Crippen LogP contribution in [0.5, 0.6) is 0 Å². The summed E-state index contributed by atoms with van der Waals surface area (Å²) in [4.78, 5) is 16.9. The normalized spacial score (nSPS) is 11.0. The SMILES string of the molecule is CCc1ccc(CNC(=O)c2cccc3c(-c4ccncc4)nn(C)c23)cc1F. The largest absolute Gasteiger partial charge is 0.348 e. The molecule has 0 bridgehead atoms. The van der Waals surface area contributed by atoms with Gasteiger partial charge >= 0.3 is 0 Å². The predicted octanol–water partition coefficient (Wildman–Crippen LogP) is 4.27. The molecule has 2 aromatic heterocycles. The molecule has 1 amide bonds. The molecule has 5 nitrogen and oxygen atoms in total. The number of hydrogen-bond acceptors (Lipinski definition) is 3. The van der Waals surface area contributed by atoms with Crippen molar-refractivity contribution in [3.8, 4) is 11.3 Å². The molecule has 2 aromatic carbocycles. The van der Waals surface area contributed by atoms with Gasteiger partial charge in [0.1, 0.15) is 11.5 Å². The van der Waals surface area contributed by atoms with E-state index in [9.17, 15) is 9.18 Å². The predicted molar refractivity (Wildman–Crippen MR) is 111 cm³/mol. The Kier molecular flexibility index (Phi) is 5.08. The molecule has 0 spiro atoms. The van der Waals surface area contributed by atoms with Gasteiger partial charge in [0.05, 0.1) is 11.1 Å². The Hall–Kier alpha value is -3.54. The van der Waals surface area contributed by atoms with Crippen molar-refractivity contribution in [2.75, 3.05) is 0 Å². The summed E-state index contributed by atoms with van der Waals surface area (Å²) in [5.41, 5.74) is 4.42. The van der Waals surface area contributed by atoms with Crippen molar-refractivity contribution in [2.24, 2.45) is 7.05 Å². The number of amides is 1. The topological polar surface area (TPSA) is 59.8 Å². The van der Waals surface area contributed by atoms with Crippen LogP contribution in [-0.2, 0) is 20.0 Å². The van der Waals surface area contributed by atoms with Crippen LogP contribution >= 0.6 is 0 Å². The number of para-hydroxylation sites is 1. The fourth-order valence-corrected chi connectivity index (χ4v) is 3.51. The molecule has 0 saturated heterocycles. The van der Waals surface area contributed by atoms with E-state index in [0.717, 1.165) is 27.7 Å². The molecule has 0 radical (unpaired) electrons. The lowest BCUT2D eigenvalue weighted by Gasteiger charge is -2.09. The molecule has 2 heterocycles. The Morgan fingerprint density at radius 2 is 1.93 bits per heavy atom. The van der Waals surface area contributed by atoms with E-state index in [1.54, 1.807) is 29.2 Å². The average molecular weight is 388 g/mol. The van der Waals surface area contributed by atoms with E-state index >= 15 is 0 Å². The Morgan fingerprint density at radius 3 is 2.66 bits per heavy atom. The molecule has 4 rings (SSSR count). The first-order valence-electron chi connectivity index (χ1n) is 9.50. The zero-order valence-electron chi connectivity index (χ0n) is 16.3. The fraction of sp³-hybridized carbons (Fsp3) is 0.174. The van der Waals surface area contributed by atoms with Gasteiger partial charge < -0.3 is 5.32 Å². The van der Waals surface area contributed by atoms with Crippen LogP contribution in [0.1, 0.15) is 28.4 Å². The summed E-state index contributed by atoms with van der Waals surface area (Å²) >= 11 is 0. The number of aryl methyl sites for hydroxylation is 2. The molecule has 0 aliphatic carbocycles. The summed E-state index contributed by atoms with van der Waals surface area (Å²) in [6.07, 6.45) is 4.07. The number of nitrogens with one attached hydrogen (secondary N) is 1. The van der Waals surface area contributed by atoms with Crippen LogP contribution in [-0.4, -0.2) is 20.7 Å². The number of fused-ring (bicyclic) bond motifs is 1. The lowest BCUT2D eigenvalue weighted by atomic mass is 10.1. The Labute approximate surface area is 168 Å². The number of carbonyl (C=O) groups excluding carboxylic acids is 1. The van der Waals surface area contributed by atoms with Gasteiger partial charge in [0, 0.05) is 36.9 Å². The average Bonchev–Trinajstić information content (AvgIpc) is 3.09. The van der Waals surface area contributed by atoms with Gasteiger partial charge in [0.2, 0.25) is 0 Å². The molecule has 0 unspecified atom stereocenters. The summed E-state index contributed by atoms with van der Waals surface area (Å²) < 4.78 is 15.7. The molecular weight excluding hydrogens is 367 g/mol. The lowest BCUT2D eigenvalue weighted by Crippen LogP contribution is -2.23. The molecule has 0 saturated carbocycles. The zero-order chi connectivity index (χ0) is 20.4. The summed E-state index contributed by atoms with van der Waals surface area (Å²) in [6, 6.07) is 14.4. The highest BCUT2D eigenvalue weighted by Gasteiger charge is 2.17. The number of benzene rings is 2. The molecule has 1 N–H and O–H groups in total. The summed E-state index contributed by atoms with van der Waals surface area (Å²) in [5.74, 6) is -0.463. The third-order valence-corrected chi connectivity index (χ3v) is 5.01. The van der Waals surface area contributed by atoms with Crippen LogP contribution in [0.25, 0.3) is 22.2 Å². The van der Waals surface area contributed by atoms with E-state index in [1.165, 1.54) is 6.07 Å². The highest BCUT2D eigenvalue weighted by Crippen LogP contribution is 2.29. The molecule has 0 fully saturated rings. The minimum atomic E-state index is -0.241. The minimum Gasteiger partial charge on any atom is -0.348 e. The number of hydrogen-bond donors (Lipinski definition) is 1. The number of rotatable bonds is 5. The van der Waals surface area contributed by atoms with E-state index in [2.05, 4.69) is 15.4 Å². The van der Waals surface area contributed by atoms with Crippen LogP contribution in [0.15, 0.2) is 60.9 Å². The van der Waals surface area contributed by atoms with Gasteiger partial charge in [-0.25, -0.2) is 4.39 Å². The molecule has 0 atom stereocenters. The van der Waals surface area contributed by atoms with Gasteiger partial charge in [0.15, 0.2) is 0 Å². The molecule has 6 heteroatoms. The summed E-state index contributed by atoms with van der Waals surface area (Å²) in [6.45, 7) is 2.17. The van der Waals surface area contributed by atoms with Crippen LogP contribution in [0.4, 0.5) is 4.39 Å². The monoisotopic (exact) mass is 388 g/mol. The number of aromatic nitrogens is 3. The minimum absolute atomic E-state index is 0.222. The fourth-order valence-electron chi connectivity index (χ4n) is 3.51. The first kappa shape index (κ1) is 18.8. The maximum atomic E-state index is 14.0. The van der Waals surface area contributed by atoms with Crippen LogP contribution in [0.2, 0.25) is 0 Å². The molecule has 0 aliphatic rings. The van der Waals surface area contributed by atoms with Crippen LogP contribution < -0.4 is 5.32 Å². The van der Waals surface area contributed by atoms with Gasteiger partial charge in [-0.3, -0.25) is 14.5 Å². The summed E-state index contributed by atoms with van der Waals surface area (Å²) in [7, 11) is 1.82. The maximum Gasteiger partial charge on any atom is 0.253 e. The van der Waals surface area contributed by atoms with Gasteiger partial charge in [0.25, 0.3) is 5.91 Å². The van der Waals surface area contributed by atoms with Crippen LogP contribution in [0.3, 0.4) is 0 Å². The van der Waals surface area contributed by atoms with E-state index in [0.29, 0.717) is 17.5 Å². The first-order valence-corrected chi connectivity index (χ1v) is 9.50. The lowest BCUT2D eigenvalue weighted by molar-refractivity contribution is 0.0952. The Balaban J connectivity index is 1.63. The molecular formula is C23H21FN4O. The molecule has 146 valence electrons. The van der Waals surface area contributed by atoms with Gasteiger partial charge in [-0.15, -0.1) is 0 Å². The molecule has 29 heavy (non-hydrogen) atoms. The quantitative estimate of drug-likeness (QED) is 0.556. The van der Waals surface area contributed by atoms with Crippen molar-refractivity contribution in [2.45, 2.75) is 19.9 Å². The van der Waals surface area contributed by atoms with Crippen molar-refractivity contribution in [1.82, 2.24) is 20.1 Å². The van der Waals surface area contributed by atoms with Crippen LogP contribution in [0, 0.1) is 5.82 Å². The Morgan fingerprint density at radius 1 is 1.14 bits per heavy atom. The van der Waals surface area contributed by atoms with E-state index < -0.39 is 0 Å². The highest BCUT2D eigenvalue weighted by molar-refractivity contribution is 6.08. The third-order valence-electron chi connectivity index (χ3n) is 5.01. The van der Waals surface area contributed by atoms with E-state index in [1.807, 2.05) is 44.3 Å². The smallest absolute Gasteiger partial charge is 0.253 e. The van der Waals surface area contributed by atoms with Crippen molar-refractivity contribution >= 4 is 16.8 Å². The van der Waals surface area contributed by atoms with Crippen molar-refractivity contribution in [3.05, 3.63) is 83.4 Å². The van der Waals surface area contributed by atoms with Gasteiger partial charge in [-0.05, 0) is 41.8 Å². The van der Waals surface area contributed by atoms with E-state index in [-0.39, 0.29) is 18.3 Å². The van der Waals surface area contributed by atoms with Crippen molar-refractivity contribution < 1.29 is 9.18 Å². The Bertz CT molecular complexity index is 1180. The first-order chi connectivity index (χ1) is 14.1. The second-order valence-electron chi connectivity index (χ2n) is 6.87. The number of pyridine rings is 1. The second kappa shape index (κ2) is 7.83. The molecule has 0 aliphatic heterocycles. The highest BCUT2D eigenvalue weighted by atomic mass is 19.1. The molecule has 4 aromatic rings. The van der Waals surface area contributed by atoms with E-state index in [4.69, 9.17) is 0 Å². The number of halogens is 1. The standard InChI is InChI=1S/C23H21FN4O/c1-3-16-8-7-15(13-20(16)24)14-26-23(29)19-6-4-5-18-21(27-28(2)22(18)19)17-9-11-25-12-10-17/h4-13H,3,14H2,1-2H3,(H,26,29). The zero-order valence-corrected chi connectivity index (χ0v) is 16.3. The second-order valence-corrected chi connectivity index (χ2v) is 6.87. The van der Waals surface area contributed by atoms with Gasteiger partial charge in [-0.1, -0.05) is 31.2 Å². The summed E-state index contributed by atoms with van der Waals surface area (Å²) in [5, 5.41) is 8.40. The number of nitrogens with zero attached hydrogens (tertiary/aromatic N) is 3. The third kappa shape index (κ3) is 3.61. The van der Waals surface area contributed by atoms with Crippen molar-refractivity contribution in [1.29, 1.82) is 0 Å². The van der Waals surface area contributed by atoms with Crippen molar-refractivity contribution in [3.63, 3.8) is 0 Å². The van der Waals surface area contributed by atoms with Gasteiger partial charge in [-0.2, -0.15) is 5.10 Å². The number of carbonyl (C=O) groups is 1. The maximum absolute atomic E-state index is 14.0.